The van der Waals surface area contributed by atoms with Gasteiger partial charge in [-0.15, -0.1) is 23.2 Å². The Morgan fingerprint density at radius 1 is 0.833 bits per heavy atom. The van der Waals surface area contributed by atoms with Crippen molar-refractivity contribution in [2.75, 3.05) is 0 Å². The van der Waals surface area contributed by atoms with Crippen molar-refractivity contribution in [1.29, 1.82) is 0 Å². The molecule has 0 atom stereocenters. The Hall–Kier alpha value is 0.687. The van der Waals surface area contributed by atoms with Crippen molar-refractivity contribution >= 4 is 34.8 Å². The Labute approximate surface area is 156 Å². The van der Waals surface area contributed by atoms with Gasteiger partial charge in [0.15, 0.2) is 0 Å². The average Bonchev–Trinajstić information content (AvgIpc) is 2.24. The van der Waals surface area contributed by atoms with Gasteiger partial charge in [0.25, 0.3) is 0 Å². The molecule has 0 radical (unpaired) electrons. The van der Waals surface area contributed by atoms with E-state index in [1.54, 1.807) is 0 Å². The second kappa shape index (κ2) is 6.92. The van der Waals surface area contributed by atoms with Gasteiger partial charge in [-0.1, -0.05) is 40.7 Å². The van der Waals surface area contributed by atoms with Crippen LogP contribution in [0.1, 0.15) is 11.1 Å². The first-order valence-corrected chi connectivity index (χ1v) is 6.26. The molecule has 92 valence electrons. The Morgan fingerprint density at radius 3 is 2.06 bits per heavy atom. The number of hydrogen-bond donors (Lipinski definition) is 0. The molecule has 0 bridgehead atoms. The van der Waals surface area contributed by atoms with Crippen molar-refractivity contribution in [3.63, 3.8) is 0 Å². The predicted octanol–water partition coefficient (Wildman–Crippen LogP) is 5.73. The molecule has 18 heavy (non-hydrogen) atoms. The second-order valence-electron chi connectivity index (χ2n) is 3.96. The topological polar surface area (TPSA) is 0 Å². The van der Waals surface area contributed by atoms with Crippen LogP contribution in [-0.4, -0.2) is 0 Å². The van der Waals surface area contributed by atoms with Crippen LogP contribution in [0.5, 0.6) is 0 Å². The molecule has 2 aromatic carbocycles. The van der Waals surface area contributed by atoms with Gasteiger partial charge in [-0.2, -0.15) is 17.7 Å². The summed E-state index contributed by atoms with van der Waals surface area (Å²) in [5.41, 5.74) is 3.63. The van der Waals surface area contributed by atoms with Crippen LogP contribution in [-0.2, 0) is 0 Å². The van der Waals surface area contributed by atoms with Crippen molar-refractivity contribution < 1.29 is 41.7 Å². The van der Waals surface area contributed by atoms with E-state index in [0.717, 1.165) is 22.3 Å². The quantitative estimate of drug-likeness (QED) is 0.513. The molecule has 0 aliphatic heterocycles. The number of halogens is 3. The standard InChI is InChI=1S/C14H10Cl3.Ce/c1-8-3-4-10(13(16)5-8)11-7-12(15)9(2)6-14(11)17;/h4-7H,1-2H3;/q-1;. The molecular weight excluding hydrogens is 415 g/mol. The Balaban J connectivity index is 0.00000162. The van der Waals surface area contributed by atoms with Crippen LogP contribution >= 0.6 is 34.8 Å². The molecule has 0 N–H and O–H groups in total. The Kier molecular flexibility index (Phi) is 6.43. The summed E-state index contributed by atoms with van der Waals surface area (Å²) < 4.78 is 0. The summed E-state index contributed by atoms with van der Waals surface area (Å²) in [6.45, 7) is 3.86. The van der Waals surface area contributed by atoms with E-state index in [1.807, 2.05) is 38.1 Å². The molecular formula is C14H10CeCl3-. The Bertz CT molecular complexity index is 579. The Morgan fingerprint density at radius 2 is 1.44 bits per heavy atom. The van der Waals surface area contributed by atoms with Gasteiger partial charge in [-0.05, 0) is 24.6 Å². The summed E-state index contributed by atoms with van der Waals surface area (Å²) in [4.78, 5) is 0. The monoisotopic (exact) mass is 423 g/mol. The first-order valence-electron chi connectivity index (χ1n) is 5.13. The third kappa shape index (κ3) is 3.62. The van der Waals surface area contributed by atoms with E-state index in [4.69, 9.17) is 34.8 Å². The van der Waals surface area contributed by atoms with Crippen LogP contribution in [0.15, 0.2) is 24.3 Å². The van der Waals surface area contributed by atoms with E-state index >= 15 is 0 Å². The first kappa shape index (κ1) is 16.7. The molecule has 0 saturated heterocycles. The van der Waals surface area contributed by atoms with Gasteiger partial charge in [-0.25, -0.2) is 0 Å². The zero-order valence-corrected chi connectivity index (χ0v) is 15.4. The molecule has 0 spiro atoms. The summed E-state index contributed by atoms with van der Waals surface area (Å²) in [7, 11) is 0. The molecule has 0 unspecified atom stereocenters. The largest absolute Gasteiger partial charge is 0.180 e. The number of hydrogen-bond acceptors (Lipinski definition) is 0. The maximum atomic E-state index is 6.22. The van der Waals surface area contributed by atoms with Crippen LogP contribution < -0.4 is 0 Å². The SMILES string of the molecule is Cc1[c-]cc(-c2cc(Cl)c(C)cc2Cl)c(Cl)c1.[Ce]. The van der Waals surface area contributed by atoms with Crippen molar-refractivity contribution in [2.24, 2.45) is 0 Å². The van der Waals surface area contributed by atoms with Crippen molar-refractivity contribution in [2.45, 2.75) is 13.8 Å². The van der Waals surface area contributed by atoms with E-state index < -0.39 is 0 Å². The molecule has 0 aliphatic rings. The number of aryl methyl sites for hydroxylation is 2. The van der Waals surface area contributed by atoms with Crippen LogP contribution in [0.2, 0.25) is 15.1 Å². The van der Waals surface area contributed by atoms with Crippen molar-refractivity contribution in [3.05, 3.63) is 56.5 Å². The second-order valence-corrected chi connectivity index (χ2v) is 5.18. The average molecular weight is 425 g/mol. The molecule has 0 heterocycles. The smallest absolute Gasteiger partial charge is 0.0431 e. The van der Waals surface area contributed by atoms with Crippen molar-refractivity contribution in [3.8, 4) is 11.1 Å². The van der Waals surface area contributed by atoms with Crippen LogP contribution in [0.4, 0.5) is 0 Å². The molecule has 2 rings (SSSR count). The fraction of sp³-hybridized carbons (Fsp3) is 0.143. The summed E-state index contributed by atoms with van der Waals surface area (Å²) in [6, 6.07) is 10.5. The fourth-order valence-corrected chi connectivity index (χ4v) is 2.43. The molecule has 0 fully saturated rings. The third-order valence-electron chi connectivity index (χ3n) is 2.58. The molecule has 0 amide bonds. The van der Waals surface area contributed by atoms with Gasteiger partial charge in [-0.3, -0.25) is 0 Å². The van der Waals surface area contributed by atoms with Gasteiger partial charge >= 0.3 is 0 Å². The summed E-state index contributed by atoms with van der Waals surface area (Å²) in [5.74, 6) is 0. The molecule has 4 heteroatoms. The van der Waals surface area contributed by atoms with Gasteiger partial charge < -0.3 is 0 Å². The van der Waals surface area contributed by atoms with Crippen LogP contribution in [0, 0.1) is 61.7 Å². The van der Waals surface area contributed by atoms with Crippen molar-refractivity contribution in [1.82, 2.24) is 0 Å². The summed E-state index contributed by atoms with van der Waals surface area (Å²) in [5, 5.41) is 1.98. The predicted molar refractivity (Wildman–Crippen MR) is 75.2 cm³/mol. The molecule has 0 saturated carbocycles. The molecule has 0 aromatic heterocycles. The zero-order chi connectivity index (χ0) is 12.6. The van der Waals surface area contributed by atoms with E-state index in [2.05, 4.69) is 6.07 Å². The molecule has 2 aromatic rings. The number of benzene rings is 2. The minimum atomic E-state index is 0. The summed E-state index contributed by atoms with van der Waals surface area (Å²) >= 11 is 18.5. The van der Waals surface area contributed by atoms with Gasteiger partial charge in [0, 0.05) is 51.8 Å². The minimum Gasteiger partial charge on any atom is -0.180 e. The molecule has 0 nitrogen and oxygen atoms in total. The maximum absolute atomic E-state index is 6.22. The van der Waals surface area contributed by atoms with Crippen LogP contribution in [0.25, 0.3) is 11.1 Å². The molecule has 0 aliphatic carbocycles. The summed E-state index contributed by atoms with van der Waals surface area (Å²) in [6.07, 6.45) is 0. The first-order chi connectivity index (χ1) is 7.99. The van der Waals surface area contributed by atoms with Gasteiger partial charge in [0.1, 0.15) is 0 Å². The normalized spacial score (nSPS) is 10.1. The maximum Gasteiger partial charge on any atom is 0.0431 e. The zero-order valence-electron chi connectivity index (χ0n) is 9.94. The minimum absolute atomic E-state index is 0. The van der Waals surface area contributed by atoms with E-state index in [0.29, 0.717) is 15.1 Å². The fourth-order valence-electron chi connectivity index (χ4n) is 1.62. The van der Waals surface area contributed by atoms with E-state index in [1.165, 1.54) is 0 Å². The van der Waals surface area contributed by atoms with E-state index in [-0.39, 0.29) is 41.7 Å². The number of rotatable bonds is 1. The van der Waals surface area contributed by atoms with Gasteiger partial charge in [0.2, 0.25) is 0 Å². The van der Waals surface area contributed by atoms with Crippen LogP contribution in [0.3, 0.4) is 0 Å². The van der Waals surface area contributed by atoms with E-state index in [9.17, 15) is 0 Å². The van der Waals surface area contributed by atoms with Gasteiger partial charge in [0.05, 0.1) is 0 Å². The third-order valence-corrected chi connectivity index (χ3v) is 3.62.